The summed E-state index contributed by atoms with van der Waals surface area (Å²) >= 11 is 1.33. The summed E-state index contributed by atoms with van der Waals surface area (Å²) < 4.78 is 11.2. The molecule has 1 amide bonds. The molecule has 1 aliphatic rings. The fourth-order valence-corrected chi connectivity index (χ4v) is 5.57. The van der Waals surface area contributed by atoms with Crippen LogP contribution in [-0.2, 0) is 17.9 Å². The quantitative estimate of drug-likeness (QED) is 0.410. The van der Waals surface area contributed by atoms with Gasteiger partial charge in [-0.15, -0.1) is 11.3 Å². The van der Waals surface area contributed by atoms with Crippen LogP contribution in [0.5, 0.6) is 5.75 Å². The Morgan fingerprint density at radius 3 is 2.77 bits per heavy atom. The van der Waals surface area contributed by atoms with Crippen LogP contribution in [0.4, 0.5) is 0 Å². The molecule has 1 aromatic carbocycles. The molecule has 9 heteroatoms. The lowest BCUT2D eigenvalue weighted by molar-refractivity contribution is -0.0161. The number of amides is 1. The lowest BCUT2D eigenvalue weighted by Crippen LogP contribution is -2.34. The minimum absolute atomic E-state index is 0.0109. The zero-order chi connectivity index (χ0) is 25.0. The van der Waals surface area contributed by atoms with Gasteiger partial charge in [0.05, 0.1) is 24.7 Å². The Labute approximate surface area is 208 Å². The summed E-state index contributed by atoms with van der Waals surface area (Å²) in [6, 6.07) is 7.40. The zero-order valence-electron chi connectivity index (χ0n) is 20.4. The lowest BCUT2D eigenvalue weighted by Gasteiger charge is -2.35. The molecule has 4 rings (SSSR count). The zero-order valence-corrected chi connectivity index (χ0v) is 21.2. The van der Waals surface area contributed by atoms with E-state index in [1.54, 1.807) is 7.11 Å². The van der Waals surface area contributed by atoms with Crippen LogP contribution >= 0.6 is 11.3 Å². The third kappa shape index (κ3) is 6.28. The number of thiophene rings is 1. The van der Waals surface area contributed by atoms with Gasteiger partial charge in [0.15, 0.2) is 0 Å². The Morgan fingerprint density at radius 2 is 2.06 bits per heavy atom. The summed E-state index contributed by atoms with van der Waals surface area (Å²) in [5.74, 6) is 1.06. The number of aromatic amines is 1. The molecule has 2 aromatic heterocycles. The number of hydrogen-bond donors (Lipinski definition) is 3. The molecule has 0 spiro atoms. The van der Waals surface area contributed by atoms with Gasteiger partial charge in [-0.05, 0) is 74.4 Å². The van der Waals surface area contributed by atoms with Crippen molar-refractivity contribution >= 4 is 27.5 Å². The molecule has 3 aromatic rings. The molecular formula is C26H33N3O5S. The van der Waals surface area contributed by atoms with E-state index in [-0.39, 0.29) is 11.4 Å². The standard InChI is InChI=1S/C26H33N3O5S/c1-26(2,32)19-9-7-16(8-10-19)13-34-14-18-15-35-25-21(18)23(30)28-22(29-25)24(31)27-12-17-5-4-6-20(11-17)33-3/h4-6,11,15-16,19,32H,7-10,12-14H2,1-3H3,(H,27,31)(H,28,29,30). The number of carbonyl (C=O) groups is 1. The van der Waals surface area contributed by atoms with E-state index < -0.39 is 11.5 Å². The second kappa shape index (κ2) is 10.9. The normalized spacial score (nSPS) is 18.5. The highest BCUT2D eigenvalue weighted by Crippen LogP contribution is 2.35. The SMILES string of the molecule is COc1cccc(CNC(=O)c2nc3scc(COCC4CCC(C(C)(C)O)CC4)c3c(=O)[nH]2)c1. The Balaban J connectivity index is 1.33. The van der Waals surface area contributed by atoms with Gasteiger partial charge in [0.25, 0.3) is 11.5 Å². The second-order valence-electron chi connectivity index (χ2n) is 9.78. The van der Waals surface area contributed by atoms with E-state index in [1.165, 1.54) is 11.3 Å². The van der Waals surface area contributed by atoms with Crippen LogP contribution in [0.15, 0.2) is 34.4 Å². The molecule has 1 aliphatic carbocycles. The minimum atomic E-state index is -0.625. The predicted molar refractivity (Wildman–Crippen MR) is 136 cm³/mol. The van der Waals surface area contributed by atoms with Crippen LogP contribution < -0.4 is 15.6 Å². The highest BCUT2D eigenvalue weighted by atomic mass is 32.1. The maximum atomic E-state index is 12.8. The topological polar surface area (TPSA) is 114 Å². The average molecular weight is 500 g/mol. The molecule has 0 unspecified atom stereocenters. The molecule has 0 atom stereocenters. The summed E-state index contributed by atoms with van der Waals surface area (Å²) in [7, 11) is 1.59. The van der Waals surface area contributed by atoms with Crippen LogP contribution in [0.3, 0.4) is 0 Å². The highest BCUT2D eigenvalue weighted by molar-refractivity contribution is 7.16. The highest BCUT2D eigenvalue weighted by Gasteiger charge is 2.31. The van der Waals surface area contributed by atoms with E-state index in [1.807, 2.05) is 43.5 Å². The molecular weight excluding hydrogens is 466 g/mol. The summed E-state index contributed by atoms with van der Waals surface area (Å²) in [5, 5.41) is 15.3. The number of benzene rings is 1. The van der Waals surface area contributed by atoms with E-state index in [9.17, 15) is 14.7 Å². The largest absolute Gasteiger partial charge is 0.497 e. The number of hydrogen-bond acceptors (Lipinski definition) is 7. The molecule has 8 nitrogen and oxygen atoms in total. The fraction of sp³-hybridized carbons (Fsp3) is 0.500. The van der Waals surface area contributed by atoms with Crippen LogP contribution in [0.2, 0.25) is 0 Å². The summed E-state index contributed by atoms with van der Waals surface area (Å²) in [6.45, 7) is 5.03. The predicted octanol–water partition coefficient (Wildman–Crippen LogP) is 4.02. The van der Waals surface area contributed by atoms with Gasteiger partial charge in [-0.3, -0.25) is 9.59 Å². The van der Waals surface area contributed by atoms with Crippen molar-refractivity contribution in [3.63, 3.8) is 0 Å². The Morgan fingerprint density at radius 1 is 1.29 bits per heavy atom. The number of aromatic nitrogens is 2. The number of aliphatic hydroxyl groups is 1. The summed E-state index contributed by atoms with van der Waals surface area (Å²) in [5.41, 5.74) is 0.699. The molecule has 0 bridgehead atoms. The number of nitrogens with one attached hydrogen (secondary N) is 2. The first-order valence-electron chi connectivity index (χ1n) is 12.0. The minimum Gasteiger partial charge on any atom is -0.497 e. The molecule has 1 fully saturated rings. The first kappa shape index (κ1) is 25.3. The van der Waals surface area contributed by atoms with Gasteiger partial charge < -0.3 is 24.9 Å². The maximum Gasteiger partial charge on any atom is 0.287 e. The van der Waals surface area contributed by atoms with Gasteiger partial charge >= 0.3 is 0 Å². The number of carbonyl (C=O) groups excluding carboxylic acids is 1. The van der Waals surface area contributed by atoms with E-state index in [0.29, 0.717) is 47.6 Å². The summed E-state index contributed by atoms with van der Waals surface area (Å²) in [6.07, 6.45) is 4.08. The van der Waals surface area contributed by atoms with E-state index in [2.05, 4.69) is 15.3 Å². The van der Waals surface area contributed by atoms with Crippen molar-refractivity contribution < 1.29 is 19.4 Å². The first-order valence-corrected chi connectivity index (χ1v) is 12.8. The molecule has 0 radical (unpaired) electrons. The monoisotopic (exact) mass is 499 g/mol. The Bertz CT molecular complexity index is 1220. The molecule has 0 saturated heterocycles. The number of nitrogens with zero attached hydrogens (tertiary/aromatic N) is 1. The fourth-order valence-electron chi connectivity index (χ4n) is 4.64. The molecule has 2 heterocycles. The van der Waals surface area contributed by atoms with Crippen molar-refractivity contribution in [1.29, 1.82) is 0 Å². The number of H-pyrrole nitrogens is 1. The third-order valence-corrected chi connectivity index (χ3v) is 7.70. The van der Waals surface area contributed by atoms with Crippen molar-refractivity contribution in [2.45, 2.75) is 58.3 Å². The number of ether oxygens (including phenoxy) is 2. The number of methoxy groups -OCH3 is 1. The molecule has 188 valence electrons. The van der Waals surface area contributed by atoms with Gasteiger partial charge in [0.1, 0.15) is 10.6 Å². The van der Waals surface area contributed by atoms with E-state index in [4.69, 9.17) is 9.47 Å². The third-order valence-electron chi connectivity index (χ3n) is 6.78. The van der Waals surface area contributed by atoms with E-state index in [0.717, 1.165) is 36.8 Å². The molecule has 0 aliphatic heterocycles. The maximum absolute atomic E-state index is 12.8. The van der Waals surface area contributed by atoms with Crippen LogP contribution in [0.25, 0.3) is 10.2 Å². The van der Waals surface area contributed by atoms with Gasteiger partial charge in [0, 0.05) is 18.7 Å². The Hall–Kier alpha value is -2.75. The van der Waals surface area contributed by atoms with Crippen LogP contribution in [-0.4, -0.2) is 40.3 Å². The van der Waals surface area contributed by atoms with Crippen LogP contribution in [0, 0.1) is 11.8 Å². The smallest absolute Gasteiger partial charge is 0.287 e. The Kier molecular flexibility index (Phi) is 7.88. The van der Waals surface area contributed by atoms with Crippen molar-refractivity contribution in [2.75, 3.05) is 13.7 Å². The van der Waals surface area contributed by atoms with Crippen molar-refractivity contribution in [1.82, 2.24) is 15.3 Å². The number of fused-ring (bicyclic) bond motifs is 1. The van der Waals surface area contributed by atoms with Crippen LogP contribution in [0.1, 0.15) is 61.3 Å². The lowest BCUT2D eigenvalue weighted by atomic mass is 9.75. The molecule has 35 heavy (non-hydrogen) atoms. The molecule has 3 N–H and O–H groups in total. The van der Waals surface area contributed by atoms with Crippen molar-refractivity contribution in [2.24, 2.45) is 11.8 Å². The van der Waals surface area contributed by atoms with Crippen molar-refractivity contribution in [3.05, 3.63) is 57.0 Å². The average Bonchev–Trinajstić information content (AvgIpc) is 3.26. The van der Waals surface area contributed by atoms with Gasteiger partial charge in [-0.25, -0.2) is 4.98 Å². The van der Waals surface area contributed by atoms with Crippen molar-refractivity contribution in [3.8, 4) is 5.75 Å². The van der Waals surface area contributed by atoms with Gasteiger partial charge in [-0.1, -0.05) is 12.1 Å². The number of rotatable bonds is 9. The first-order chi connectivity index (χ1) is 16.7. The summed E-state index contributed by atoms with van der Waals surface area (Å²) in [4.78, 5) is 32.9. The van der Waals surface area contributed by atoms with Gasteiger partial charge in [0.2, 0.25) is 5.82 Å². The van der Waals surface area contributed by atoms with E-state index >= 15 is 0 Å². The molecule has 1 saturated carbocycles. The van der Waals surface area contributed by atoms with Gasteiger partial charge in [-0.2, -0.15) is 0 Å². The second-order valence-corrected chi connectivity index (χ2v) is 10.6.